The Morgan fingerprint density at radius 1 is 1.20 bits per heavy atom. The number of ether oxygens (including phenoxy) is 1. The van der Waals surface area contributed by atoms with Crippen LogP contribution in [0.3, 0.4) is 0 Å². The summed E-state index contributed by atoms with van der Waals surface area (Å²) < 4.78 is 32.0. The van der Waals surface area contributed by atoms with Crippen molar-refractivity contribution >= 4 is 27.7 Å². The Morgan fingerprint density at radius 3 is 2.48 bits per heavy atom. The minimum absolute atomic E-state index is 0.0411. The molecule has 1 amide bonds. The van der Waals surface area contributed by atoms with Gasteiger partial charge in [-0.2, -0.15) is 0 Å². The smallest absolute Gasteiger partial charge is 0.264 e. The summed E-state index contributed by atoms with van der Waals surface area (Å²) in [5.41, 5.74) is 1.77. The number of carbonyl (C=O) groups is 1. The van der Waals surface area contributed by atoms with Crippen molar-refractivity contribution in [1.82, 2.24) is 4.72 Å². The van der Waals surface area contributed by atoms with Crippen molar-refractivity contribution in [3.8, 4) is 5.75 Å². The Morgan fingerprint density at radius 2 is 1.88 bits per heavy atom. The number of aryl methyl sites for hydroxylation is 1. The average molecular weight is 380 g/mol. The van der Waals surface area contributed by atoms with Gasteiger partial charge in [0.2, 0.25) is 5.91 Å². The molecule has 2 aromatic rings. The van der Waals surface area contributed by atoms with Gasteiger partial charge in [0.25, 0.3) is 10.0 Å². The molecule has 2 rings (SSSR count). The van der Waals surface area contributed by atoms with Crippen LogP contribution in [0.2, 0.25) is 0 Å². The van der Waals surface area contributed by atoms with Crippen molar-refractivity contribution in [2.75, 3.05) is 7.11 Å². The highest BCUT2D eigenvalue weighted by Crippen LogP contribution is 2.22. The molecule has 0 spiro atoms. The fourth-order valence-corrected chi connectivity index (χ4v) is 4.22. The number of thioether (sulfide) groups is 1. The van der Waals surface area contributed by atoms with E-state index in [4.69, 9.17) is 4.74 Å². The number of rotatable bonds is 7. The summed E-state index contributed by atoms with van der Waals surface area (Å²) in [5, 5.41) is -0.491. The van der Waals surface area contributed by atoms with Gasteiger partial charge in [-0.25, -0.2) is 13.1 Å². The molecular formula is C18H21NO4S2. The van der Waals surface area contributed by atoms with Gasteiger partial charge in [0, 0.05) is 5.75 Å². The van der Waals surface area contributed by atoms with Crippen LogP contribution in [0, 0.1) is 6.92 Å². The number of hydrogen-bond donors (Lipinski definition) is 1. The van der Waals surface area contributed by atoms with Gasteiger partial charge in [-0.3, -0.25) is 4.79 Å². The normalized spacial score (nSPS) is 12.4. The molecule has 1 N–H and O–H groups in total. The Balaban J connectivity index is 2.01. The highest BCUT2D eigenvalue weighted by molar-refractivity contribution is 8.00. The number of benzene rings is 2. The summed E-state index contributed by atoms with van der Waals surface area (Å²) in [6.45, 7) is 3.44. The second kappa shape index (κ2) is 8.40. The molecule has 0 radical (unpaired) electrons. The van der Waals surface area contributed by atoms with Gasteiger partial charge in [-0.1, -0.05) is 30.3 Å². The minimum Gasteiger partial charge on any atom is -0.496 e. The molecule has 0 aliphatic carbocycles. The fourth-order valence-electron chi connectivity index (χ4n) is 2.16. The Hall–Kier alpha value is -1.99. The summed E-state index contributed by atoms with van der Waals surface area (Å²) in [6, 6.07) is 14.2. The van der Waals surface area contributed by atoms with Crippen LogP contribution in [0.1, 0.15) is 18.1 Å². The fraction of sp³-hybridized carbons (Fsp3) is 0.278. The number of methoxy groups -OCH3 is 1. The largest absolute Gasteiger partial charge is 0.496 e. The van der Waals surface area contributed by atoms with E-state index < -0.39 is 21.2 Å². The second-order valence-corrected chi connectivity index (χ2v) is 8.55. The molecule has 0 aliphatic heterocycles. The first-order valence-corrected chi connectivity index (χ1v) is 10.2. The molecule has 0 heterocycles. The first-order chi connectivity index (χ1) is 11.8. The van der Waals surface area contributed by atoms with E-state index in [1.165, 1.54) is 31.0 Å². The lowest BCUT2D eigenvalue weighted by Gasteiger charge is -2.13. The molecule has 25 heavy (non-hydrogen) atoms. The maximum Gasteiger partial charge on any atom is 0.264 e. The van der Waals surface area contributed by atoms with E-state index in [-0.39, 0.29) is 4.90 Å². The number of carbonyl (C=O) groups excluding carboxylic acids is 1. The van der Waals surface area contributed by atoms with Crippen molar-refractivity contribution in [3.63, 3.8) is 0 Å². The van der Waals surface area contributed by atoms with E-state index in [0.29, 0.717) is 17.1 Å². The van der Waals surface area contributed by atoms with Crippen LogP contribution in [0.15, 0.2) is 53.4 Å². The zero-order valence-electron chi connectivity index (χ0n) is 14.4. The predicted molar refractivity (Wildman–Crippen MR) is 100 cm³/mol. The Labute approximate surface area is 152 Å². The summed E-state index contributed by atoms with van der Waals surface area (Å²) in [7, 11) is -2.39. The third-order valence-electron chi connectivity index (χ3n) is 3.62. The molecule has 0 saturated carbocycles. The van der Waals surface area contributed by atoms with Crippen LogP contribution < -0.4 is 9.46 Å². The number of nitrogens with one attached hydrogen (secondary N) is 1. The molecule has 134 valence electrons. The van der Waals surface area contributed by atoms with Crippen molar-refractivity contribution in [3.05, 3.63) is 59.7 Å². The Kier molecular flexibility index (Phi) is 6.50. The van der Waals surface area contributed by atoms with Crippen LogP contribution in [-0.2, 0) is 20.6 Å². The van der Waals surface area contributed by atoms with Crippen molar-refractivity contribution in [2.45, 2.75) is 29.7 Å². The zero-order chi connectivity index (χ0) is 18.4. The molecule has 5 nitrogen and oxygen atoms in total. The molecule has 1 unspecified atom stereocenters. The van der Waals surface area contributed by atoms with E-state index in [9.17, 15) is 13.2 Å². The van der Waals surface area contributed by atoms with Gasteiger partial charge >= 0.3 is 0 Å². The molecule has 0 bridgehead atoms. The van der Waals surface area contributed by atoms with Crippen molar-refractivity contribution < 1.29 is 17.9 Å². The third-order valence-corrected chi connectivity index (χ3v) is 6.18. The van der Waals surface area contributed by atoms with Crippen LogP contribution in [0.25, 0.3) is 0 Å². The van der Waals surface area contributed by atoms with Crippen LogP contribution >= 0.6 is 11.8 Å². The molecule has 1 atom stereocenters. The number of amides is 1. The van der Waals surface area contributed by atoms with E-state index in [1.54, 1.807) is 19.9 Å². The number of sulfonamides is 1. The van der Waals surface area contributed by atoms with Crippen LogP contribution in [0.4, 0.5) is 0 Å². The summed E-state index contributed by atoms with van der Waals surface area (Å²) in [4.78, 5) is 12.3. The molecule has 0 saturated heterocycles. The van der Waals surface area contributed by atoms with Gasteiger partial charge in [0.15, 0.2) is 0 Å². The molecule has 0 aliphatic rings. The van der Waals surface area contributed by atoms with E-state index in [2.05, 4.69) is 4.72 Å². The highest BCUT2D eigenvalue weighted by Gasteiger charge is 2.22. The molecule has 7 heteroatoms. The minimum atomic E-state index is -3.90. The van der Waals surface area contributed by atoms with Crippen LogP contribution in [-0.4, -0.2) is 26.7 Å². The van der Waals surface area contributed by atoms with Gasteiger partial charge in [0.05, 0.1) is 17.3 Å². The van der Waals surface area contributed by atoms with Gasteiger partial charge in [0.1, 0.15) is 5.75 Å². The predicted octanol–water partition coefficient (Wildman–Crippen LogP) is 3.13. The standard InChI is InChI=1S/C18H21NO4S2/c1-13-11-16(9-10-17(13)23-3)25(21,22)19-18(20)14(2)24-12-15-7-5-4-6-8-15/h4-11,14H,12H2,1-3H3,(H,19,20). The molecule has 0 fully saturated rings. The van der Waals surface area contributed by atoms with Gasteiger partial charge in [-0.15, -0.1) is 11.8 Å². The van der Waals surface area contributed by atoms with Gasteiger partial charge < -0.3 is 4.74 Å². The molecule has 0 aromatic heterocycles. The topological polar surface area (TPSA) is 72.5 Å². The van der Waals surface area contributed by atoms with Crippen molar-refractivity contribution in [2.24, 2.45) is 0 Å². The summed E-state index contributed by atoms with van der Waals surface area (Å²) in [5.74, 6) is 0.698. The lowest BCUT2D eigenvalue weighted by Crippen LogP contribution is -2.36. The van der Waals surface area contributed by atoms with E-state index in [0.717, 1.165) is 5.56 Å². The lowest BCUT2D eigenvalue weighted by atomic mass is 10.2. The molecule has 2 aromatic carbocycles. The van der Waals surface area contributed by atoms with Crippen molar-refractivity contribution in [1.29, 1.82) is 0 Å². The maximum absolute atomic E-state index is 12.4. The van der Waals surface area contributed by atoms with Crippen LogP contribution in [0.5, 0.6) is 5.75 Å². The third kappa shape index (κ3) is 5.24. The first kappa shape index (κ1) is 19.3. The first-order valence-electron chi connectivity index (χ1n) is 7.70. The second-order valence-electron chi connectivity index (χ2n) is 5.54. The van der Waals surface area contributed by atoms with E-state index >= 15 is 0 Å². The highest BCUT2D eigenvalue weighted by atomic mass is 32.2. The maximum atomic E-state index is 12.4. The quantitative estimate of drug-likeness (QED) is 0.800. The number of hydrogen-bond acceptors (Lipinski definition) is 5. The Bertz CT molecular complexity index is 835. The monoisotopic (exact) mass is 379 g/mol. The SMILES string of the molecule is COc1ccc(S(=O)(=O)NC(=O)C(C)SCc2ccccc2)cc1C. The summed E-state index contributed by atoms with van der Waals surface area (Å²) in [6.07, 6.45) is 0. The summed E-state index contributed by atoms with van der Waals surface area (Å²) >= 11 is 1.39. The molecular weight excluding hydrogens is 358 g/mol. The van der Waals surface area contributed by atoms with Gasteiger partial charge in [-0.05, 0) is 43.2 Å². The average Bonchev–Trinajstić information content (AvgIpc) is 2.60. The van der Waals surface area contributed by atoms with E-state index in [1.807, 2.05) is 30.3 Å². The zero-order valence-corrected chi connectivity index (χ0v) is 16.0. The lowest BCUT2D eigenvalue weighted by molar-refractivity contribution is -0.118.